The van der Waals surface area contributed by atoms with Crippen LogP contribution in [0.3, 0.4) is 0 Å². The average Bonchev–Trinajstić information content (AvgIpc) is 3.02. The molecule has 4 rings (SSSR count). The van der Waals surface area contributed by atoms with E-state index in [-0.39, 0.29) is 16.3 Å². The normalized spacial score (nSPS) is 16.9. The molecule has 3 aromatic rings. The van der Waals surface area contributed by atoms with E-state index in [0.29, 0.717) is 5.56 Å². The molecule has 1 heterocycles. The lowest BCUT2D eigenvalue weighted by Crippen LogP contribution is -2.30. The number of nitrogens with zero attached hydrogens (tertiary/aromatic N) is 1. The maximum atomic E-state index is 13.4. The van der Waals surface area contributed by atoms with Gasteiger partial charge in [-0.3, -0.25) is 4.79 Å². The molecule has 0 spiro atoms. The van der Waals surface area contributed by atoms with Crippen LogP contribution in [0.15, 0.2) is 100 Å². The average molecular weight is 420 g/mol. The Morgan fingerprint density at radius 2 is 1.43 bits per heavy atom. The first-order valence-electron chi connectivity index (χ1n) is 9.54. The van der Waals surface area contributed by atoms with Gasteiger partial charge < -0.3 is 10.0 Å². The van der Waals surface area contributed by atoms with E-state index in [9.17, 15) is 18.3 Å². The predicted molar refractivity (Wildman–Crippen MR) is 114 cm³/mol. The summed E-state index contributed by atoms with van der Waals surface area (Å²) >= 11 is 0. The van der Waals surface area contributed by atoms with Gasteiger partial charge in [0.05, 0.1) is 10.9 Å². The number of rotatable bonds is 5. The van der Waals surface area contributed by atoms with E-state index in [1.54, 1.807) is 42.5 Å². The largest absolute Gasteiger partial charge is 0.502 e. The van der Waals surface area contributed by atoms with Gasteiger partial charge in [0.15, 0.2) is 5.76 Å². The van der Waals surface area contributed by atoms with Crippen molar-refractivity contribution >= 4 is 15.7 Å². The van der Waals surface area contributed by atoms with Crippen LogP contribution in [0, 0.1) is 6.92 Å². The second-order valence-electron chi connectivity index (χ2n) is 7.26. The van der Waals surface area contributed by atoms with E-state index >= 15 is 0 Å². The molecule has 1 unspecified atom stereocenters. The third kappa shape index (κ3) is 3.50. The summed E-state index contributed by atoms with van der Waals surface area (Å²) in [5.74, 6) is -1.42. The lowest BCUT2D eigenvalue weighted by molar-refractivity contribution is -0.130. The molecule has 152 valence electrons. The van der Waals surface area contributed by atoms with E-state index in [4.69, 9.17) is 0 Å². The van der Waals surface area contributed by atoms with Gasteiger partial charge in [-0.15, -0.1) is 0 Å². The van der Waals surface area contributed by atoms with Crippen molar-refractivity contribution in [1.29, 1.82) is 0 Å². The summed E-state index contributed by atoms with van der Waals surface area (Å²) in [5.41, 5.74) is 2.55. The standard InChI is InChI=1S/C24H21NO4S/c1-17-12-14-18(15-13-17)16-25-21(19-8-4-2-5-9-19)23(22(26)24(25)27)30(28,29)20-10-6-3-7-11-20/h2-15,21,26H,16H2,1H3. The molecule has 1 amide bonds. The van der Waals surface area contributed by atoms with E-state index in [2.05, 4.69) is 0 Å². The number of sulfone groups is 1. The van der Waals surface area contributed by atoms with Crippen LogP contribution < -0.4 is 0 Å². The Labute approximate surface area is 175 Å². The number of aryl methyl sites for hydroxylation is 1. The zero-order chi connectivity index (χ0) is 21.3. The molecular weight excluding hydrogens is 398 g/mol. The molecule has 0 bridgehead atoms. The third-order valence-electron chi connectivity index (χ3n) is 5.19. The van der Waals surface area contributed by atoms with Gasteiger partial charge in [0.25, 0.3) is 5.91 Å². The third-order valence-corrected chi connectivity index (χ3v) is 7.08. The van der Waals surface area contributed by atoms with Crippen molar-refractivity contribution in [3.8, 4) is 0 Å². The van der Waals surface area contributed by atoms with Crippen molar-refractivity contribution < 1.29 is 18.3 Å². The first-order valence-corrected chi connectivity index (χ1v) is 11.0. The van der Waals surface area contributed by atoms with Crippen molar-refractivity contribution in [1.82, 2.24) is 4.90 Å². The van der Waals surface area contributed by atoms with E-state index < -0.39 is 27.5 Å². The number of aliphatic hydroxyl groups excluding tert-OH is 1. The fourth-order valence-corrected chi connectivity index (χ4v) is 5.32. The molecule has 5 nitrogen and oxygen atoms in total. The maximum Gasteiger partial charge on any atom is 0.290 e. The lowest BCUT2D eigenvalue weighted by atomic mass is 10.1. The summed E-state index contributed by atoms with van der Waals surface area (Å²) in [6, 6.07) is 23.5. The number of benzene rings is 3. The van der Waals surface area contributed by atoms with Crippen LogP contribution in [0.2, 0.25) is 0 Å². The summed E-state index contributed by atoms with van der Waals surface area (Å²) in [5, 5.41) is 10.7. The SMILES string of the molecule is Cc1ccc(CN2C(=O)C(O)=C(S(=O)(=O)c3ccccc3)C2c2ccccc2)cc1. The highest BCUT2D eigenvalue weighted by Crippen LogP contribution is 2.43. The fourth-order valence-electron chi connectivity index (χ4n) is 3.65. The Morgan fingerprint density at radius 1 is 0.867 bits per heavy atom. The van der Waals surface area contributed by atoms with E-state index in [0.717, 1.165) is 11.1 Å². The Balaban J connectivity index is 1.84. The van der Waals surface area contributed by atoms with Crippen LogP contribution in [0.25, 0.3) is 0 Å². The van der Waals surface area contributed by atoms with Gasteiger partial charge in [0.2, 0.25) is 9.84 Å². The van der Waals surface area contributed by atoms with Gasteiger partial charge in [-0.2, -0.15) is 0 Å². The number of carbonyl (C=O) groups is 1. The second-order valence-corrected chi connectivity index (χ2v) is 9.18. The second kappa shape index (κ2) is 7.80. The van der Waals surface area contributed by atoms with Crippen LogP contribution in [0.5, 0.6) is 0 Å². The first kappa shape index (κ1) is 19.9. The van der Waals surface area contributed by atoms with Gasteiger partial charge >= 0.3 is 0 Å². The minimum Gasteiger partial charge on any atom is -0.502 e. The van der Waals surface area contributed by atoms with Gasteiger partial charge in [0, 0.05) is 6.54 Å². The maximum absolute atomic E-state index is 13.4. The summed E-state index contributed by atoms with van der Waals surface area (Å²) in [4.78, 5) is 14.2. The van der Waals surface area contributed by atoms with Gasteiger partial charge in [0.1, 0.15) is 4.91 Å². The van der Waals surface area contributed by atoms with Crippen molar-refractivity contribution in [3.63, 3.8) is 0 Å². The molecule has 30 heavy (non-hydrogen) atoms. The molecule has 1 N–H and O–H groups in total. The smallest absolute Gasteiger partial charge is 0.290 e. The van der Waals surface area contributed by atoms with E-state index in [1.165, 1.54) is 17.0 Å². The predicted octanol–water partition coefficient (Wildman–Crippen LogP) is 4.32. The van der Waals surface area contributed by atoms with Crippen molar-refractivity contribution in [2.24, 2.45) is 0 Å². The zero-order valence-corrected chi connectivity index (χ0v) is 17.2. The topological polar surface area (TPSA) is 74.7 Å². The van der Waals surface area contributed by atoms with Gasteiger partial charge in [-0.05, 0) is 30.2 Å². The molecule has 1 aliphatic rings. The number of aliphatic hydroxyl groups is 1. The van der Waals surface area contributed by atoms with Crippen LogP contribution in [-0.4, -0.2) is 24.3 Å². The Hall–Kier alpha value is -3.38. The number of amides is 1. The molecule has 3 aromatic carbocycles. The quantitative estimate of drug-likeness (QED) is 0.668. The summed E-state index contributed by atoms with van der Waals surface area (Å²) in [6.45, 7) is 2.14. The highest BCUT2D eigenvalue weighted by Gasteiger charge is 2.46. The van der Waals surface area contributed by atoms with Crippen LogP contribution in [0.4, 0.5) is 0 Å². The number of hydrogen-bond donors (Lipinski definition) is 1. The summed E-state index contributed by atoms with van der Waals surface area (Å²) in [7, 11) is -4.08. The molecule has 0 radical (unpaired) electrons. The van der Waals surface area contributed by atoms with Crippen molar-refractivity contribution in [2.75, 3.05) is 0 Å². The summed E-state index contributed by atoms with van der Waals surface area (Å²) < 4.78 is 26.8. The summed E-state index contributed by atoms with van der Waals surface area (Å²) in [6.07, 6.45) is 0. The monoisotopic (exact) mass is 419 g/mol. The molecule has 0 aromatic heterocycles. The number of carbonyl (C=O) groups excluding carboxylic acids is 1. The Kier molecular flexibility index (Phi) is 5.18. The molecular formula is C24H21NO4S. The molecule has 0 aliphatic carbocycles. The van der Waals surface area contributed by atoms with E-state index in [1.807, 2.05) is 37.3 Å². The van der Waals surface area contributed by atoms with Crippen LogP contribution in [-0.2, 0) is 21.2 Å². The fraction of sp³-hybridized carbons (Fsp3) is 0.125. The van der Waals surface area contributed by atoms with Crippen LogP contribution in [0.1, 0.15) is 22.7 Å². The van der Waals surface area contributed by atoms with Crippen LogP contribution >= 0.6 is 0 Å². The molecule has 1 atom stereocenters. The Morgan fingerprint density at radius 3 is 2.03 bits per heavy atom. The zero-order valence-electron chi connectivity index (χ0n) is 16.4. The molecule has 0 fully saturated rings. The van der Waals surface area contributed by atoms with Crippen molar-refractivity contribution in [3.05, 3.63) is 112 Å². The van der Waals surface area contributed by atoms with Gasteiger partial charge in [-0.25, -0.2) is 8.42 Å². The Bertz CT molecular complexity index is 1200. The number of hydrogen-bond acceptors (Lipinski definition) is 4. The molecule has 6 heteroatoms. The molecule has 0 saturated carbocycles. The first-order chi connectivity index (χ1) is 14.4. The highest BCUT2D eigenvalue weighted by molar-refractivity contribution is 7.95. The molecule has 1 aliphatic heterocycles. The molecule has 0 saturated heterocycles. The van der Waals surface area contributed by atoms with Crippen molar-refractivity contribution in [2.45, 2.75) is 24.4 Å². The minimum atomic E-state index is -4.08. The minimum absolute atomic E-state index is 0.0393. The highest BCUT2D eigenvalue weighted by atomic mass is 32.2. The lowest BCUT2D eigenvalue weighted by Gasteiger charge is -2.27. The van der Waals surface area contributed by atoms with Gasteiger partial charge in [-0.1, -0.05) is 78.4 Å².